The molecule has 2 N–H and O–H groups in total. The Morgan fingerprint density at radius 1 is 1.29 bits per heavy atom. The average Bonchev–Trinajstić information content (AvgIpc) is 2.42. The molecule has 0 aliphatic rings. The van der Waals surface area contributed by atoms with E-state index in [4.69, 9.17) is 10.5 Å². The second-order valence-corrected chi connectivity index (χ2v) is 5.00. The molecule has 0 radical (unpaired) electrons. The van der Waals surface area contributed by atoms with Gasteiger partial charge in [0, 0.05) is 6.04 Å². The summed E-state index contributed by atoms with van der Waals surface area (Å²) in [6, 6.07) is 5.93. The molecular formula is C16H25ClFNO2. The topological polar surface area (TPSA) is 52.3 Å². The molecule has 120 valence electrons. The van der Waals surface area contributed by atoms with Crippen molar-refractivity contribution >= 4 is 18.4 Å². The predicted molar refractivity (Wildman–Crippen MR) is 85.0 cm³/mol. The van der Waals surface area contributed by atoms with E-state index in [1.807, 2.05) is 0 Å². The molecule has 0 spiro atoms. The van der Waals surface area contributed by atoms with Crippen molar-refractivity contribution in [2.75, 3.05) is 6.61 Å². The number of unbranched alkanes of at least 4 members (excludes halogenated alkanes) is 1. The van der Waals surface area contributed by atoms with Crippen molar-refractivity contribution in [2.24, 2.45) is 11.7 Å². The molecule has 5 heteroatoms. The van der Waals surface area contributed by atoms with Crippen LogP contribution in [-0.4, -0.2) is 18.6 Å². The molecule has 0 saturated heterocycles. The zero-order valence-electron chi connectivity index (χ0n) is 12.7. The summed E-state index contributed by atoms with van der Waals surface area (Å²) in [5.41, 5.74) is 7.10. The van der Waals surface area contributed by atoms with Crippen LogP contribution in [0.5, 0.6) is 0 Å². The first-order chi connectivity index (χ1) is 9.58. The summed E-state index contributed by atoms with van der Waals surface area (Å²) >= 11 is 0. The van der Waals surface area contributed by atoms with Crippen LogP contribution in [0.4, 0.5) is 4.39 Å². The lowest BCUT2D eigenvalue weighted by atomic mass is 9.90. The lowest BCUT2D eigenvalue weighted by Gasteiger charge is -2.22. The van der Waals surface area contributed by atoms with Crippen molar-refractivity contribution in [3.8, 4) is 0 Å². The van der Waals surface area contributed by atoms with Gasteiger partial charge in [-0.2, -0.15) is 0 Å². The smallest absolute Gasteiger partial charge is 0.310 e. The Balaban J connectivity index is 0.00000400. The van der Waals surface area contributed by atoms with E-state index in [9.17, 15) is 9.18 Å². The second kappa shape index (κ2) is 10.6. The Hall–Kier alpha value is -1.13. The van der Waals surface area contributed by atoms with E-state index in [0.717, 1.165) is 24.8 Å². The zero-order valence-corrected chi connectivity index (χ0v) is 13.5. The highest BCUT2D eigenvalue weighted by molar-refractivity contribution is 5.85. The molecular weight excluding hydrogens is 293 g/mol. The largest absolute Gasteiger partial charge is 0.466 e. The van der Waals surface area contributed by atoms with Crippen LogP contribution in [0.15, 0.2) is 24.3 Å². The standard InChI is InChI=1S/C16H24FNO2.ClH/c1-3-5-6-14(16(19)20-4-2)15(18)11-12-7-9-13(17)10-8-12;/h7-10,14-15H,3-6,11,18H2,1-2H3;1H. The minimum Gasteiger partial charge on any atom is -0.466 e. The summed E-state index contributed by atoms with van der Waals surface area (Å²) < 4.78 is 18.0. The molecule has 0 bridgehead atoms. The quantitative estimate of drug-likeness (QED) is 0.747. The summed E-state index contributed by atoms with van der Waals surface area (Å²) in [5, 5.41) is 0. The van der Waals surface area contributed by atoms with Gasteiger partial charge in [0.1, 0.15) is 5.82 Å². The van der Waals surface area contributed by atoms with Gasteiger partial charge in [-0.3, -0.25) is 4.79 Å². The number of carbonyl (C=O) groups excluding carboxylic acids is 1. The average molecular weight is 318 g/mol. The first-order valence-electron chi connectivity index (χ1n) is 7.25. The van der Waals surface area contributed by atoms with E-state index in [-0.39, 0.29) is 36.2 Å². The Bertz CT molecular complexity index is 411. The minimum absolute atomic E-state index is 0. The van der Waals surface area contributed by atoms with Crippen LogP contribution < -0.4 is 5.73 Å². The van der Waals surface area contributed by atoms with Gasteiger partial charge in [0.25, 0.3) is 0 Å². The second-order valence-electron chi connectivity index (χ2n) is 5.00. The highest BCUT2D eigenvalue weighted by atomic mass is 35.5. The van der Waals surface area contributed by atoms with E-state index in [1.165, 1.54) is 12.1 Å². The molecule has 1 rings (SSSR count). The van der Waals surface area contributed by atoms with Crippen molar-refractivity contribution in [1.82, 2.24) is 0 Å². The van der Waals surface area contributed by atoms with Gasteiger partial charge in [0.2, 0.25) is 0 Å². The van der Waals surface area contributed by atoms with E-state index in [1.54, 1.807) is 19.1 Å². The van der Waals surface area contributed by atoms with Crippen LogP contribution in [0.3, 0.4) is 0 Å². The summed E-state index contributed by atoms with van der Waals surface area (Å²) in [7, 11) is 0. The molecule has 1 aromatic carbocycles. The number of rotatable bonds is 8. The third kappa shape index (κ3) is 6.91. The highest BCUT2D eigenvalue weighted by Gasteiger charge is 2.26. The fourth-order valence-electron chi connectivity index (χ4n) is 2.21. The van der Waals surface area contributed by atoms with Crippen molar-refractivity contribution in [3.63, 3.8) is 0 Å². The molecule has 1 aromatic rings. The fraction of sp³-hybridized carbons (Fsp3) is 0.562. The molecule has 3 nitrogen and oxygen atoms in total. The Labute approximate surface area is 132 Å². The fourth-order valence-corrected chi connectivity index (χ4v) is 2.21. The first kappa shape index (κ1) is 19.9. The predicted octanol–water partition coefficient (Wildman–Crippen LogP) is 3.49. The number of hydrogen-bond donors (Lipinski definition) is 1. The molecule has 0 aliphatic heterocycles. The maximum absolute atomic E-state index is 12.9. The van der Waals surface area contributed by atoms with Gasteiger partial charge in [-0.15, -0.1) is 12.4 Å². The number of benzene rings is 1. The summed E-state index contributed by atoms with van der Waals surface area (Å²) in [4.78, 5) is 12.0. The third-order valence-electron chi connectivity index (χ3n) is 3.36. The molecule has 0 aliphatic carbocycles. The summed E-state index contributed by atoms with van der Waals surface area (Å²) in [5.74, 6) is -0.786. The Kier molecular flexibility index (Phi) is 10.0. The number of nitrogens with two attached hydrogens (primary N) is 1. The summed E-state index contributed by atoms with van der Waals surface area (Å²) in [6.07, 6.45) is 3.24. The van der Waals surface area contributed by atoms with E-state index < -0.39 is 0 Å². The molecule has 0 aromatic heterocycles. The maximum Gasteiger partial charge on any atom is 0.310 e. The Morgan fingerprint density at radius 3 is 2.43 bits per heavy atom. The van der Waals surface area contributed by atoms with Crippen LogP contribution in [0.25, 0.3) is 0 Å². The highest BCUT2D eigenvalue weighted by Crippen LogP contribution is 2.18. The van der Waals surface area contributed by atoms with Gasteiger partial charge in [0.05, 0.1) is 12.5 Å². The Morgan fingerprint density at radius 2 is 1.90 bits per heavy atom. The maximum atomic E-state index is 12.9. The lowest BCUT2D eigenvalue weighted by Crippen LogP contribution is -2.38. The molecule has 0 fully saturated rings. The van der Waals surface area contributed by atoms with E-state index in [0.29, 0.717) is 13.0 Å². The zero-order chi connectivity index (χ0) is 15.0. The SMILES string of the molecule is CCCCC(C(=O)OCC)C(N)Cc1ccc(F)cc1.Cl. The van der Waals surface area contributed by atoms with E-state index in [2.05, 4.69) is 6.92 Å². The van der Waals surface area contributed by atoms with Gasteiger partial charge in [0.15, 0.2) is 0 Å². The number of halogens is 2. The summed E-state index contributed by atoms with van der Waals surface area (Å²) in [6.45, 7) is 4.23. The van der Waals surface area contributed by atoms with Crippen LogP contribution >= 0.6 is 12.4 Å². The van der Waals surface area contributed by atoms with Gasteiger partial charge < -0.3 is 10.5 Å². The van der Waals surface area contributed by atoms with Gasteiger partial charge >= 0.3 is 5.97 Å². The van der Waals surface area contributed by atoms with Crippen molar-refractivity contribution in [1.29, 1.82) is 0 Å². The number of carbonyl (C=O) groups is 1. The molecule has 0 amide bonds. The molecule has 21 heavy (non-hydrogen) atoms. The van der Waals surface area contributed by atoms with Gasteiger partial charge in [-0.05, 0) is 37.5 Å². The van der Waals surface area contributed by atoms with Gasteiger partial charge in [-0.1, -0.05) is 31.9 Å². The number of ether oxygens (including phenoxy) is 1. The molecule has 2 unspecified atom stereocenters. The normalized spacial score (nSPS) is 13.1. The first-order valence-corrected chi connectivity index (χ1v) is 7.25. The van der Waals surface area contributed by atoms with Crippen LogP contribution in [0.1, 0.15) is 38.7 Å². The van der Waals surface area contributed by atoms with Gasteiger partial charge in [-0.25, -0.2) is 4.39 Å². The molecule has 2 atom stereocenters. The number of esters is 1. The van der Waals surface area contributed by atoms with Crippen LogP contribution in [0, 0.1) is 11.7 Å². The third-order valence-corrected chi connectivity index (χ3v) is 3.36. The molecule has 0 heterocycles. The lowest BCUT2D eigenvalue weighted by molar-refractivity contribution is -0.149. The van der Waals surface area contributed by atoms with Crippen molar-refractivity contribution in [2.45, 2.75) is 45.6 Å². The van der Waals surface area contributed by atoms with Crippen molar-refractivity contribution < 1.29 is 13.9 Å². The van der Waals surface area contributed by atoms with Crippen LogP contribution in [-0.2, 0) is 16.0 Å². The molecule has 0 saturated carbocycles. The van der Waals surface area contributed by atoms with E-state index >= 15 is 0 Å². The monoisotopic (exact) mass is 317 g/mol. The number of hydrogen-bond acceptors (Lipinski definition) is 3. The minimum atomic E-state index is -0.300. The van der Waals surface area contributed by atoms with Crippen molar-refractivity contribution in [3.05, 3.63) is 35.6 Å². The van der Waals surface area contributed by atoms with Crippen LogP contribution in [0.2, 0.25) is 0 Å².